The van der Waals surface area contributed by atoms with E-state index in [1.54, 1.807) is 0 Å². The van der Waals surface area contributed by atoms with E-state index >= 15 is 0 Å². The first kappa shape index (κ1) is 16.2. The number of hydrogen-bond acceptors (Lipinski definition) is 2. The Hall–Kier alpha value is -1.62. The van der Waals surface area contributed by atoms with Crippen molar-refractivity contribution in [1.29, 1.82) is 0 Å². The Morgan fingerprint density at radius 3 is 2.78 bits per heavy atom. The lowest BCUT2D eigenvalue weighted by molar-refractivity contribution is 0.324. The van der Waals surface area contributed by atoms with Crippen LogP contribution in [0.5, 0.6) is 0 Å². The van der Waals surface area contributed by atoms with Crippen LogP contribution in [0.4, 0.5) is 5.69 Å². The molecular weight excluding hydrogens is 326 g/mol. The fraction of sp³-hybridized carbons (Fsp3) is 0.278. The third-order valence-electron chi connectivity index (χ3n) is 3.94. The predicted molar refractivity (Wildman–Crippen MR) is 101 cm³/mol. The van der Waals surface area contributed by atoms with Gasteiger partial charge in [0.25, 0.3) is 0 Å². The van der Waals surface area contributed by atoms with E-state index in [0.717, 1.165) is 31.7 Å². The fourth-order valence-electron chi connectivity index (χ4n) is 2.85. The molecule has 0 unspecified atom stereocenters. The number of anilines is 1. The molecule has 2 aromatic carbocycles. The molecule has 3 rings (SSSR count). The molecule has 1 fully saturated rings. The monoisotopic (exact) mass is 345 g/mol. The third-order valence-corrected chi connectivity index (χ3v) is 4.39. The Balaban J connectivity index is 1.47. The van der Waals surface area contributed by atoms with Gasteiger partial charge in [-0.05, 0) is 42.4 Å². The van der Waals surface area contributed by atoms with Crippen LogP contribution in [-0.4, -0.2) is 29.1 Å². The summed E-state index contributed by atoms with van der Waals surface area (Å²) in [5, 5.41) is 7.94. The Morgan fingerprint density at radius 1 is 1.17 bits per heavy atom. The Morgan fingerprint density at radius 2 is 2.00 bits per heavy atom. The maximum absolute atomic E-state index is 5.98. The molecule has 0 bridgehead atoms. The number of likely N-dealkylation sites (tertiary alicyclic amines) is 1. The van der Waals surface area contributed by atoms with Crippen LogP contribution >= 0.6 is 23.8 Å². The maximum Gasteiger partial charge on any atom is 0.171 e. The lowest BCUT2D eigenvalue weighted by Crippen LogP contribution is -2.39. The topological polar surface area (TPSA) is 27.3 Å². The highest BCUT2D eigenvalue weighted by atomic mass is 35.5. The Kier molecular flexibility index (Phi) is 5.49. The van der Waals surface area contributed by atoms with Crippen molar-refractivity contribution in [1.82, 2.24) is 10.2 Å². The summed E-state index contributed by atoms with van der Waals surface area (Å²) >= 11 is 11.4. The molecule has 0 spiro atoms. The highest BCUT2D eigenvalue weighted by Gasteiger charge is 2.22. The molecule has 0 aromatic heterocycles. The number of rotatable bonds is 4. The van der Waals surface area contributed by atoms with Crippen molar-refractivity contribution < 1.29 is 0 Å². The number of nitrogens with one attached hydrogen (secondary N) is 2. The van der Waals surface area contributed by atoms with Crippen molar-refractivity contribution in [2.24, 2.45) is 0 Å². The van der Waals surface area contributed by atoms with Crippen molar-refractivity contribution in [3.8, 4) is 0 Å². The van der Waals surface area contributed by atoms with Crippen LogP contribution < -0.4 is 10.6 Å². The second-order valence-corrected chi connectivity index (χ2v) is 6.66. The van der Waals surface area contributed by atoms with Gasteiger partial charge in [-0.25, -0.2) is 0 Å². The van der Waals surface area contributed by atoms with Crippen LogP contribution in [0.25, 0.3) is 0 Å². The van der Waals surface area contributed by atoms with Gasteiger partial charge in [0.15, 0.2) is 5.11 Å². The molecule has 0 saturated carbocycles. The highest BCUT2D eigenvalue weighted by Crippen LogP contribution is 2.16. The van der Waals surface area contributed by atoms with E-state index in [-0.39, 0.29) is 0 Å². The molecule has 1 aliphatic rings. The van der Waals surface area contributed by atoms with Crippen LogP contribution in [0.2, 0.25) is 5.02 Å². The zero-order valence-corrected chi connectivity index (χ0v) is 14.4. The molecule has 1 saturated heterocycles. The minimum atomic E-state index is 0.387. The minimum absolute atomic E-state index is 0.387. The van der Waals surface area contributed by atoms with Gasteiger partial charge >= 0.3 is 0 Å². The average molecular weight is 346 g/mol. The summed E-state index contributed by atoms with van der Waals surface area (Å²) in [6.45, 7) is 3.09. The summed E-state index contributed by atoms with van der Waals surface area (Å²) in [7, 11) is 0. The molecule has 3 nitrogen and oxygen atoms in total. The summed E-state index contributed by atoms with van der Waals surface area (Å²) in [5.74, 6) is 0. The summed E-state index contributed by atoms with van der Waals surface area (Å²) in [6.07, 6.45) is 1.10. The molecular formula is C18H20ClN3S. The lowest BCUT2D eigenvalue weighted by atomic mass is 10.2. The summed E-state index contributed by atoms with van der Waals surface area (Å²) in [6, 6.07) is 18.5. The van der Waals surface area contributed by atoms with E-state index in [2.05, 4.69) is 45.9 Å². The summed E-state index contributed by atoms with van der Waals surface area (Å²) in [5.41, 5.74) is 2.27. The van der Waals surface area contributed by atoms with Crippen LogP contribution in [0.15, 0.2) is 54.6 Å². The molecule has 1 heterocycles. The van der Waals surface area contributed by atoms with Gasteiger partial charge in [0.2, 0.25) is 0 Å². The normalized spacial score (nSPS) is 17.9. The van der Waals surface area contributed by atoms with E-state index < -0.39 is 0 Å². The maximum atomic E-state index is 5.98. The number of benzene rings is 2. The van der Waals surface area contributed by atoms with Crippen LogP contribution in [0, 0.1) is 0 Å². The van der Waals surface area contributed by atoms with E-state index in [1.165, 1.54) is 5.56 Å². The Labute approximate surface area is 147 Å². The fourth-order valence-corrected chi connectivity index (χ4v) is 3.33. The first-order valence-corrected chi connectivity index (χ1v) is 8.57. The molecule has 0 radical (unpaired) electrons. The minimum Gasteiger partial charge on any atom is -0.358 e. The number of thiocarbonyl (C=S) groups is 1. The van der Waals surface area contributed by atoms with E-state index in [0.29, 0.717) is 16.2 Å². The largest absolute Gasteiger partial charge is 0.358 e. The zero-order chi connectivity index (χ0) is 16.1. The second kappa shape index (κ2) is 7.77. The van der Waals surface area contributed by atoms with Gasteiger partial charge in [-0.1, -0.05) is 48.0 Å². The van der Waals surface area contributed by atoms with Crippen LogP contribution in [0.1, 0.15) is 12.0 Å². The molecule has 120 valence electrons. The molecule has 1 atom stereocenters. The molecule has 2 N–H and O–H groups in total. The third kappa shape index (κ3) is 4.93. The van der Waals surface area contributed by atoms with Gasteiger partial charge in [0.05, 0.1) is 0 Å². The highest BCUT2D eigenvalue weighted by molar-refractivity contribution is 7.80. The first-order valence-electron chi connectivity index (χ1n) is 7.78. The van der Waals surface area contributed by atoms with Gasteiger partial charge in [0.1, 0.15) is 0 Å². The number of hydrogen-bond donors (Lipinski definition) is 2. The smallest absolute Gasteiger partial charge is 0.171 e. The number of halogens is 1. The quantitative estimate of drug-likeness (QED) is 0.822. The van der Waals surface area contributed by atoms with Gasteiger partial charge in [-0.3, -0.25) is 4.90 Å². The lowest BCUT2D eigenvalue weighted by Gasteiger charge is -2.18. The molecule has 2 aromatic rings. The Bertz CT molecular complexity index is 662. The zero-order valence-electron chi connectivity index (χ0n) is 12.8. The van der Waals surface area contributed by atoms with Crippen molar-refractivity contribution >= 4 is 34.6 Å². The second-order valence-electron chi connectivity index (χ2n) is 5.82. The molecule has 5 heteroatoms. The van der Waals surface area contributed by atoms with Gasteiger partial charge in [-0.2, -0.15) is 0 Å². The predicted octanol–water partition coefficient (Wildman–Crippen LogP) is 3.90. The number of nitrogens with zero attached hydrogens (tertiary/aromatic N) is 1. The van der Waals surface area contributed by atoms with Gasteiger partial charge in [0, 0.05) is 36.4 Å². The van der Waals surface area contributed by atoms with Crippen molar-refractivity contribution in [3.05, 3.63) is 65.2 Å². The molecule has 0 aliphatic carbocycles. The van der Waals surface area contributed by atoms with Crippen molar-refractivity contribution in [3.63, 3.8) is 0 Å². The standard InChI is InChI=1S/C18H20ClN3S/c19-15-7-4-8-16(11-15)20-18(23)21-17-9-10-22(13-17)12-14-5-2-1-3-6-14/h1-8,11,17H,9-10,12-13H2,(H2,20,21,23)/t17-/m0/s1. The summed E-state index contributed by atoms with van der Waals surface area (Å²) < 4.78 is 0. The van der Waals surface area contributed by atoms with E-state index in [1.807, 2.05) is 24.3 Å². The first-order chi connectivity index (χ1) is 11.2. The van der Waals surface area contributed by atoms with E-state index in [9.17, 15) is 0 Å². The van der Waals surface area contributed by atoms with E-state index in [4.69, 9.17) is 23.8 Å². The van der Waals surface area contributed by atoms with Gasteiger partial charge < -0.3 is 10.6 Å². The van der Waals surface area contributed by atoms with Crippen LogP contribution in [0.3, 0.4) is 0 Å². The summed E-state index contributed by atoms with van der Waals surface area (Å²) in [4.78, 5) is 2.45. The van der Waals surface area contributed by atoms with Gasteiger partial charge in [-0.15, -0.1) is 0 Å². The van der Waals surface area contributed by atoms with Crippen LogP contribution in [-0.2, 0) is 6.54 Å². The molecule has 0 amide bonds. The molecule has 23 heavy (non-hydrogen) atoms. The SMILES string of the molecule is S=C(Nc1cccc(Cl)c1)N[C@H]1CCN(Cc2ccccc2)C1. The average Bonchev–Trinajstić information content (AvgIpc) is 2.95. The van der Waals surface area contributed by atoms with Crippen molar-refractivity contribution in [2.45, 2.75) is 19.0 Å². The van der Waals surface area contributed by atoms with Crippen molar-refractivity contribution in [2.75, 3.05) is 18.4 Å². The molecule has 1 aliphatic heterocycles.